The Morgan fingerprint density at radius 3 is 2.54 bits per heavy atom. The van der Waals surface area contributed by atoms with Gasteiger partial charge in [0.1, 0.15) is 0 Å². The highest BCUT2D eigenvalue weighted by Crippen LogP contribution is 2.44. The van der Waals surface area contributed by atoms with Crippen LogP contribution in [0.5, 0.6) is 0 Å². The van der Waals surface area contributed by atoms with E-state index < -0.39 is 0 Å². The molecular formula is C13H24. The molecule has 0 N–H and O–H groups in total. The molecule has 0 aromatic carbocycles. The van der Waals surface area contributed by atoms with E-state index in [9.17, 15) is 0 Å². The second kappa shape index (κ2) is 4.83. The third kappa shape index (κ3) is 3.97. The Bertz CT molecular complexity index is 174. The number of rotatable bonds is 5. The molecule has 0 aliphatic heterocycles. The molecule has 0 nitrogen and oxygen atoms in total. The van der Waals surface area contributed by atoms with Crippen molar-refractivity contribution in [2.24, 2.45) is 17.8 Å². The summed E-state index contributed by atoms with van der Waals surface area (Å²) in [5.41, 5.74) is 1.47. The van der Waals surface area contributed by atoms with Gasteiger partial charge in [-0.05, 0) is 50.9 Å². The van der Waals surface area contributed by atoms with Gasteiger partial charge < -0.3 is 0 Å². The SMILES string of the molecule is CCC1CC1CCC(C)C=C(C)C. The van der Waals surface area contributed by atoms with Crippen molar-refractivity contribution in [3.8, 4) is 0 Å². The first-order valence-electron chi connectivity index (χ1n) is 5.78. The van der Waals surface area contributed by atoms with Crippen molar-refractivity contribution in [2.75, 3.05) is 0 Å². The molecular weight excluding hydrogens is 156 g/mol. The number of allylic oxidation sites excluding steroid dienone is 2. The van der Waals surface area contributed by atoms with Crippen molar-refractivity contribution in [1.29, 1.82) is 0 Å². The Kier molecular flexibility index (Phi) is 4.02. The molecule has 0 heteroatoms. The van der Waals surface area contributed by atoms with E-state index in [1.165, 1.54) is 31.3 Å². The summed E-state index contributed by atoms with van der Waals surface area (Å²) in [5.74, 6) is 2.96. The number of hydrogen-bond donors (Lipinski definition) is 0. The molecule has 0 aromatic heterocycles. The fourth-order valence-electron chi connectivity index (χ4n) is 2.29. The van der Waals surface area contributed by atoms with Crippen LogP contribution < -0.4 is 0 Å². The summed E-state index contributed by atoms with van der Waals surface area (Å²) < 4.78 is 0. The van der Waals surface area contributed by atoms with Gasteiger partial charge in [0.15, 0.2) is 0 Å². The third-order valence-corrected chi connectivity index (χ3v) is 3.20. The highest BCUT2D eigenvalue weighted by atomic mass is 14.4. The molecule has 13 heavy (non-hydrogen) atoms. The van der Waals surface area contributed by atoms with Crippen LogP contribution in [-0.4, -0.2) is 0 Å². The van der Waals surface area contributed by atoms with E-state index in [1.807, 2.05) is 0 Å². The average molecular weight is 180 g/mol. The Morgan fingerprint density at radius 2 is 2.08 bits per heavy atom. The molecule has 76 valence electrons. The number of hydrogen-bond acceptors (Lipinski definition) is 0. The zero-order chi connectivity index (χ0) is 9.84. The van der Waals surface area contributed by atoms with Crippen molar-refractivity contribution in [2.45, 2.75) is 53.4 Å². The van der Waals surface area contributed by atoms with Gasteiger partial charge in [-0.2, -0.15) is 0 Å². The maximum atomic E-state index is 2.41. The summed E-state index contributed by atoms with van der Waals surface area (Å²) in [7, 11) is 0. The Balaban J connectivity index is 2.10. The minimum absolute atomic E-state index is 0.795. The van der Waals surface area contributed by atoms with E-state index >= 15 is 0 Å². The van der Waals surface area contributed by atoms with Crippen molar-refractivity contribution >= 4 is 0 Å². The zero-order valence-electron chi connectivity index (χ0n) is 9.64. The van der Waals surface area contributed by atoms with Gasteiger partial charge in [-0.1, -0.05) is 31.9 Å². The van der Waals surface area contributed by atoms with Crippen LogP contribution in [0.3, 0.4) is 0 Å². The van der Waals surface area contributed by atoms with Crippen LogP contribution in [0.2, 0.25) is 0 Å². The molecule has 3 unspecified atom stereocenters. The maximum Gasteiger partial charge on any atom is -0.0259 e. The lowest BCUT2D eigenvalue weighted by Gasteiger charge is -2.06. The molecule has 0 amide bonds. The van der Waals surface area contributed by atoms with Gasteiger partial charge in [0, 0.05) is 0 Å². The van der Waals surface area contributed by atoms with Crippen LogP contribution in [0, 0.1) is 17.8 Å². The standard InChI is InChI=1S/C13H24/c1-5-12-9-13(12)7-6-11(4)8-10(2)3/h8,11-13H,5-7,9H2,1-4H3. The second-order valence-electron chi connectivity index (χ2n) is 4.96. The fourth-order valence-corrected chi connectivity index (χ4v) is 2.29. The smallest absolute Gasteiger partial charge is 0.0259 e. The van der Waals surface area contributed by atoms with Crippen LogP contribution >= 0.6 is 0 Å². The van der Waals surface area contributed by atoms with Gasteiger partial charge >= 0.3 is 0 Å². The molecule has 3 atom stereocenters. The summed E-state index contributed by atoms with van der Waals surface area (Å²) in [6, 6.07) is 0. The molecule has 0 spiro atoms. The Morgan fingerprint density at radius 1 is 1.38 bits per heavy atom. The Labute approximate surface area is 83.4 Å². The van der Waals surface area contributed by atoms with Crippen LogP contribution in [0.15, 0.2) is 11.6 Å². The summed E-state index contributed by atoms with van der Waals surface area (Å²) in [5, 5.41) is 0. The van der Waals surface area contributed by atoms with Crippen LogP contribution in [0.4, 0.5) is 0 Å². The normalized spacial score (nSPS) is 28.3. The largest absolute Gasteiger partial charge is 0.0830 e. The predicted octanol–water partition coefficient (Wildman–Crippen LogP) is 4.42. The first kappa shape index (κ1) is 10.8. The molecule has 0 bridgehead atoms. The van der Waals surface area contributed by atoms with E-state index in [0.29, 0.717) is 0 Å². The third-order valence-electron chi connectivity index (χ3n) is 3.20. The fraction of sp³-hybridized carbons (Fsp3) is 0.846. The molecule has 0 heterocycles. The van der Waals surface area contributed by atoms with Gasteiger partial charge in [0.2, 0.25) is 0 Å². The second-order valence-corrected chi connectivity index (χ2v) is 4.96. The van der Waals surface area contributed by atoms with E-state index in [4.69, 9.17) is 0 Å². The molecule has 1 saturated carbocycles. The first-order valence-corrected chi connectivity index (χ1v) is 5.78. The van der Waals surface area contributed by atoms with Crippen molar-refractivity contribution < 1.29 is 0 Å². The minimum Gasteiger partial charge on any atom is -0.0830 e. The van der Waals surface area contributed by atoms with Crippen LogP contribution in [0.25, 0.3) is 0 Å². The lowest BCUT2D eigenvalue weighted by molar-refractivity contribution is 0.536. The van der Waals surface area contributed by atoms with E-state index in [1.54, 1.807) is 0 Å². The van der Waals surface area contributed by atoms with Gasteiger partial charge in [0.05, 0.1) is 0 Å². The average Bonchev–Trinajstić information content (AvgIpc) is 2.78. The van der Waals surface area contributed by atoms with Crippen molar-refractivity contribution in [3.63, 3.8) is 0 Å². The molecule has 1 aliphatic carbocycles. The first-order chi connectivity index (χ1) is 6.13. The monoisotopic (exact) mass is 180 g/mol. The van der Waals surface area contributed by atoms with E-state index in [-0.39, 0.29) is 0 Å². The summed E-state index contributed by atoms with van der Waals surface area (Å²) in [6.07, 6.45) is 8.18. The lowest BCUT2D eigenvalue weighted by atomic mass is 10.0. The van der Waals surface area contributed by atoms with Gasteiger partial charge in [-0.15, -0.1) is 0 Å². The highest BCUT2D eigenvalue weighted by molar-refractivity contribution is 4.96. The van der Waals surface area contributed by atoms with Crippen molar-refractivity contribution in [1.82, 2.24) is 0 Å². The van der Waals surface area contributed by atoms with Gasteiger partial charge in [-0.3, -0.25) is 0 Å². The minimum atomic E-state index is 0.795. The molecule has 0 saturated heterocycles. The molecule has 1 rings (SSSR count). The molecule has 1 aliphatic rings. The Hall–Kier alpha value is -0.260. The highest BCUT2D eigenvalue weighted by Gasteiger charge is 2.34. The summed E-state index contributed by atoms with van der Waals surface area (Å²) in [4.78, 5) is 0. The van der Waals surface area contributed by atoms with Crippen LogP contribution in [0.1, 0.15) is 53.4 Å². The summed E-state index contributed by atoms with van der Waals surface area (Å²) in [6.45, 7) is 9.06. The van der Waals surface area contributed by atoms with Crippen LogP contribution in [-0.2, 0) is 0 Å². The molecule has 0 aromatic rings. The van der Waals surface area contributed by atoms with Gasteiger partial charge in [-0.25, -0.2) is 0 Å². The van der Waals surface area contributed by atoms with Crippen molar-refractivity contribution in [3.05, 3.63) is 11.6 Å². The predicted molar refractivity (Wildman–Crippen MR) is 59.7 cm³/mol. The van der Waals surface area contributed by atoms with Gasteiger partial charge in [0.25, 0.3) is 0 Å². The van der Waals surface area contributed by atoms with E-state index in [0.717, 1.165) is 17.8 Å². The van der Waals surface area contributed by atoms with E-state index in [2.05, 4.69) is 33.8 Å². The topological polar surface area (TPSA) is 0 Å². The zero-order valence-corrected chi connectivity index (χ0v) is 9.64. The maximum absolute atomic E-state index is 2.41. The lowest BCUT2D eigenvalue weighted by Crippen LogP contribution is -1.92. The molecule has 1 fully saturated rings. The quantitative estimate of drug-likeness (QED) is 0.550. The summed E-state index contributed by atoms with van der Waals surface area (Å²) >= 11 is 0. The molecule has 0 radical (unpaired) electrons.